The Bertz CT molecular complexity index is 347. The Labute approximate surface area is 79.0 Å². The number of hydrogen-bond donors (Lipinski definition) is 0. The first-order chi connectivity index (χ1) is 6.40. The summed E-state index contributed by atoms with van der Waals surface area (Å²) in [5.74, 6) is 0. The lowest BCUT2D eigenvalue weighted by Gasteiger charge is -2.15. The molecule has 1 aliphatic rings. The van der Waals surface area contributed by atoms with Crippen molar-refractivity contribution in [1.82, 2.24) is 0 Å². The maximum atomic E-state index is 8.57. The molecular formula is C12H13N. The zero-order valence-electron chi connectivity index (χ0n) is 7.71. The molecular weight excluding hydrogens is 158 g/mol. The van der Waals surface area contributed by atoms with Crippen LogP contribution in [0, 0.1) is 11.3 Å². The van der Waals surface area contributed by atoms with E-state index in [0.29, 0.717) is 6.42 Å². The van der Waals surface area contributed by atoms with Crippen LogP contribution in [0.2, 0.25) is 0 Å². The molecule has 0 unspecified atom stereocenters. The summed E-state index contributed by atoms with van der Waals surface area (Å²) in [5.41, 5.74) is 4.13. The molecule has 2 rings (SSSR count). The largest absolute Gasteiger partial charge is 0.198 e. The van der Waals surface area contributed by atoms with Gasteiger partial charge in [-0.3, -0.25) is 0 Å². The van der Waals surface area contributed by atoms with Gasteiger partial charge in [-0.2, -0.15) is 5.26 Å². The SMILES string of the molecule is N#CCc1ccc2c(c1)CCCC2. The number of nitrogens with zero attached hydrogens (tertiary/aromatic N) is 1. The molecule has 1 aliphatic carbocycles. The van der Waals surface area contributed by atoms with Gasteiger partial charge in [-0.1, -0.05) is 18.2 Å². The molecule has 0 spiro atoms. The summed E-state index contributed by atoms with van der Waals surface area (Å²) in [4.78, 5) is 0. The minimum atomic E-state index is 0.549. The van der Waals surface area contributed by atoms with Crippen molar-refractivity contribution in [1.29, 1.82) is 5.26 Å². The van der Waals surface area contributed by atoms with Gasteiger partial charge >= 0.3 is 0 Å². The van der Waals surface area contributed by atoms with Crippen LogP contribution < -0.4 is 0 Å². The van der Waals surface area contributed by atoms with E-state index in [4.69, 9.17) is 5.26 Å². The fourth-order valence-electron chi connectivity index (χ4n) is 1.99. The van der Waals surface area contributed by atoms with Crippen LogP contribution in [0.15, 0.2) is 18.2 Å². The molecule has 0 fully saturated rings. The predicted molar refractivity (Wildman–Crippen MR) is 52.4 cm³/mol. The lowest BCUT2D eigenvalue weighted by molar-refractivity contribution is 0.684. The molecule has 0 saturated carbocycles. The second-order valence-electron chi connectivity index (χ2n) is 3.65. The van der Waals surface area contributed by atoms with E-state index in [9.17, 15) is 0 Å². The van der Waals surface area contributed by atoms with Crippen LogP contribution in [-0.2, 0) is 19.3 Å². The van der Waals surface area contributed by atoms with E-state index in [2.05, 4.69) is 24.3 Å². The van der Waals surface area contributed by atoms with Crippen molar-refractivity contribution in [2.45, 2.75) is 32.1 Å². The molecule has 0 atom stereocenters. The van der Waals surface area contributed by atoms with Crippen molar-refractivity contribution in [3.05, 3.63) is 34.9 Å². The van der Waals surface area contributed by atoms with Crippen LogP contribution in [0.1, 0.15) is 29.5 Å². The maximum absolute atomic E-state index is 8.57. The van der Waals surface area contributed by atoms with Gasteiger partial charge in [0.2, 0.25) is 0 Å². The van der Waals surface area contributed by atoms with Crippen molar-refractivity contribution >= 4 is 0 Å². The third-order valence-electron chi connectivity index (χ3n) is 2.70. The average Bonchev–Trinajstić information content (AvgIpc) is 2.18. The second kappa shape index (κ2) is 3.62. The van der Waals surface area contributed by atoms with Gasteiger partial charge in [-0.15, -0.1) is 0 Å². The van der Waals surface area contributed by atoms with Crippen molar-refractivity contribution in [3.8, 4) is 6.07 Å². The standard InChI is InChI=1S/C12H13N/c13-8-7-10-5-6-11-3-1-2-4-12(11)9-10/h5-6,9H,1-4,7H2. The Morgan fingerprint density at radius 2 is 1.92 bits per heavy atom. The summed E-state index contributed by atoms with van der Waals surface area (Å²) in [6, 6.07) is 8.68. The van der Waals surface area contributed by atoms with Gasteiger partial charge in [0.05, 0.1) is 12.5 Å². The molecule has 0 heterocycles. The highest BCUT2D eigenvalue weighted by molar-refractivity contribution is 5.34. The summed E-state index contributed by atoms with van der Waals surface area (Å²) in [7, 11) is 0. The highest BCUT2D eigenvalue weighted by atomic mass is 14.2. The van der Waals surface area contributed by atoms with Crippen molar-refractivity contribution in [2.24, 2.45) is 0 Å². The Kier molecular flexibility index (Phi) is 2.31. The molecule has 0 radical (unpaired) electrons. The van der Waals surface area contributed by atoms with Gasteiger partial charge < -0.3 is 0 Å². The van der Waals surface area contributed by atoms with Crippen LogP contribution in [0.5, 0.6) is 0 Å². The van der Waals surface area contributed by atoms with E-state index < -0.39 is 0 Å². The van der Waals surface area contributed by atoms with Gasteiger partial charge in [0.1, 0.15) is 0 Å². The Morgan fingerprint density at radius 1 is 1.15 bits per heavy atom. The first-order valence-electron chi connectivity index (χ1n) is 4.88. The summed E-state index contributed by atoms with van der Waals surface area (Å²) in [5, 5.41) is 8.57. The van der Waals surface area contributed by atoms with E-state index in [0.717, 1.165) is 0 Å². The van der Waals surface area contributed by atoms with Crippen molar-refractivity contribution in [2.75, 3.05) is 0 Å². The first-order valence-corrected chi connectivity index (χ1v) is 4.88. The lowest BCUT2D eigenvalue weighted by Crippen LogP contribution is -2.02. The molecule has 0 aliphatic heterocycles. The Balaban J connectivity index is 2.31. The number of fused-ring (bicyclic) bond motifs is 1. The predicted octanol–water partition coefficient (Wildman–Crippen LogP) is 2.63. The summed E-state index contributed by atoms with van der Waals surface area (Å²) in [6.45, 7) is 0. The molecule has 0 N–H and O–H groups in total. The number of aryl methyl sites for hydroxylation is 2. The molecule has 0 aromatic heterocycles. The normalized spacial score (nSPS) is 14.7. The molecule has 1 heteroatoms. The number of hydrogen-bond acceptors (Lipinski definition) is 1. The summed E-state index contributed by atoms with van der Waals surface area (Å²) >= 11 is 0. The van der Waals surface area contributed by atoms with Crippen molar-refractivity contribution in [3.63, 3.8) is 0 Å². The van der Waals surface area contributed by atoms with Gasteiger partial charge in [-0.05, 0) is 42.4 Å². The smallest absolute Gasteiger partial charge is 0.0669 e. The Morgan fingerprint density at radius 3 is 2.69 bits per heavy atom. The molecule has 0 bridgehead atoms. The first kappa shape index (κ1) is 8.31. The topological polar surface area (TPSA) is 23.8 Å². The fraction of sp³-hybridized carbons (Fsp3) is 0.417. The molecule has 66 valence electrons. The number of benzene rings is 1. The molecule has 1 nitrogen and oxygen atoms in total. The number of nitriles is 1. The second-order valence-corrected chi connectivity index (χ2v) is 3.65. The number of rotatable bonds is 1. The van der Waals surface area contributed by atoms with Crippen LogP contribution >= 0.6 is 0 Å². The zero-order valence-corrected chi connectivity index (χ0v) is 7.71. The quantitative estimate of drug-likeness (QED) is 0.637. The average molecular weight is 171 g/mol. The summed E-state index contributed by atoms with van der Waals surface area (Å²) < 4.78 is 0. The molecule has 13 heavy (non-hydrogen) atoms. The van der Waals surface area contributed by atoms with E-state index in [-0.39, 0.29) is 0 Å². The maximum Gasteiger partial charge on any atom is 0.0669 e. The highest BCUT2D eigenvalue weighted by Gasteiger charge is 2.08. The Hall–Kier alpha value is -1.29. The minimum Gasteiger partial charge on any atom is -0.198 e. The highest BCUT2D eigenvalue weighted by Crippen LogP contribution is 2.22. The zero-order chi connectivity index (χ0) is 9.10. The fourth-order valence-corrected chi connectivity index (χ4v) is 1.99. The molecule has 0 saturated heterocycles. The summed E-state index contributed by atoms with van der Waals surface area (Å²) in [6.07, 6.45) is 5.61. The van der Waals surface area contributed by atoms with Crippen LogP contribution in [-0.4, -0.2) is 0 Å². The van der Waals surface area contributed by atoms with Gasteiger partial charge in [0, 0.05) is 0 Å². The van der Waals surface area contributed by atoms with E-state index in [1.54, 1.807) is 0 Å². The van der Waals surface area contributed by atoms with Crippen molar-refractivity contribution < 1.29 is 0 Å². The van der Waals surface area contributed by atoms with Gasteiger partial charge in [0.15, 0.2) is 0 Å². The van der Waals surface area contributed by atoms with E-state index in [1.165, 1.54) is 42.4 Å². The van der Waals surface area contributed by atoms with Gasteiger partial charge in [-0.25, -0.2) is 0 Å². The van der Waals surface area contributed by atoms with E-state index in [1.807, 2.05) is 0 Å². The third-order valence-corrected chi connectivity index (χ3v) is 2.70. The molecule has 1 aromatic carbocycles. The molecule has 0 amide bonds. The van der Waals surface area contributed by atoms with Gasteiger partial charge in [0.25, 0.3) is 0 Å². The van der Waals surface area contributed by atoms with Crippen LogP contribution in [0.4, 0.5) is 0 Å². The lowest BCUT2D eigenvalue weighted by atomic mass is 9.90. The van der Waals surface area contributed by atoms with E-state index >= 15 is 0 Å². The third kappa shape index (κ3) is 1.72. The van der Waals surface area contributed by atoms with Crippen LogP contribution in [0.25, 0.3) is 0 Å². The van der Waals surface area contributed by atoms with Crippen LogP contribution in [0.3, 0.4) is 0 Å². The monoisotopic (exact) mass is 171 g/mol. The molecule has 1 aromatic rings. The minimum absolute atomic E-state index is 0.549.